The van der Waals surface area contributed by atoms with Crippen molar-refractivity contribution >= 4 is 11.9 Å². The van der Waals surface area contributed by atoms with Gasteiger partial charge in [-0.05, 0) is 50.0 Å². The number of carboxylic acid groups (broad SMARTS) is 1. The lowest BCUT2D eigenvalue weighted by atomic mass is 9.90. The van der Waals surface area contributed by atoms with Crippen LogP contribution in [0.3, 0.4) is 0 Å². The predicted molar refractivity (Wildman–Crippen MR) is 103 cm³/mol. The summed E-state index contributed by atoms with van der Waals surface area (Å²) in [7, 11) is 0. The number of rotatable bonds is 6. The highest BCUT2D eigenvalue weighted by molar-refractivity contribution is 5.95. The van der Waals surface area contributed by atoms with Crippen LogP contribution in [0.25, 0.3) is 0 Å². The summed E-state index contributed by atoms with van der Waals surface area (Å²) in [5.74, 6) is -3.42. The van der Waals surface area contributed by atoms with E-state index in [2.05, 4.69) is 11.5 Å². The molecular formula is C21H30F2N2O3. The van der Waals surface area contributed by atoms with E-state index in [9.17, 15) is 13.6 Å². The number of carbonyl (C=O) groups is 1. The fourth-order valence-corrected chi connectivity index (χ4v) is 4.67. The maximum atomic E-state index is 13.3. The van der Waals surface area contributed by atoms with Crippen molar-refractivity contribution in [2.45, 2.75) is 75.9 Å². The van der Waals surface area contributed by atoms with Gasteiger partial charge in [0, 0.05) is 37.5 Å². The molecule has 3 rings (SSSR count). The number of hydrogen-bond acceptors (Lipinski definition) is 4. The first-order valence-electron chi connectivity index (χ1n) is 10.2. The molecule has 156 valence electrons. The van der Waals surface area contributed by atoms with Crippen LogP contribution in [0.2, 0.25) is 0 Å². The van der Waals surface area contributed by atoms with Crippen LogP contribution < -0.4 is 0 Å². The second-order valence-corrected chi connectivity index (χ2v) is 8.28. The number of piperidine rings is 1. The van der Waals surface area contributed by atoms with Gasteiger partial charge in [-0.2, -0.15) is 0 Å². The van der Waals surface area contributed by atoms with E-state index in [0.717, 1.165) is 44.1 Å². The Kier molecular flexibility index (Phi) is 6.53. The van der Waals surface area contributed by atoms with Gasteiger partial charge in [-0.1, -0.05) is 12.7 Å². The van der Waals surface area contributed by atoms with E-state index in [4.69, 9.17) is 15.3 Å². The summed E-state index contributed by atoms with van der Waals surface area (Å²) in [6.45, 7) is 4.88. The number of carboxylic acids is 1. The lowest BCUT2D eigenvalue weighted by Crippen LogP contribution is -2.46. The van der Waals surface area contributed by atoms with E-state index in [-0.39, 0.29) is 37.2 Å². The standard InChI is InChI=1S/C21H30F2N2O3/c1-14(18-4-2-3-15(18)13-19(26)27)20(24)28-17-7-5-16(6-8-17)25-11-9-21(22,23)10-12-25/h4,15-17,24H,1-3,5-13H2,(H,26,27)/t15-,16-,17-/m1/s1. The number of alkyl halides is 2. The number of hydrogen-bond donors (Lipinski definition) is 2. The van der Waals surface area contributed by atoms with Gasteiger partial charge in [-0.25, -0.2) is 8.78 Å². The molecule has 0 bridgehead atoms. The van der Waals surface area contributed by atoms with Gasteiger partial charge < -0.3 is 9.84 Å². The molecule has 2 N–H and O–H groups in total. The second kappa shape index (κ2) is 8.72. The molecule has 0 radical (unpaired) electrons. The van der Waals surface area contributed by atoms with E-state index in [1.165, 1.54) is 0 Å². The Morgan fingerprint density at radius 3 is 2.50 bits per heavy atom. The van der Waals surface area contributed by atoms with Gasteiger partial charge in [0.25, 0.3) is 5.92 Å². The SMILES string of the molecule is C=C(C(=N)O[C@H]1CC[C@H](N2CCC(F)(F)CC2)CC1)C1=CCC[C@@H]1CC(=O)O. The van der Waals surface area contributed by atoms with Gasteiger partial charge in [0.05, 0.1) is 6.42 Å². The molecule has 1 atom stereocenters. The largest absolute Gasteiger partial charge is 0.481 e. The Balaban J connectivity index is 1.45. The number of nitrogens with zero attached hydrogens (tertiary/aromatic N) is 1. The fourth-order valence-electron chi connectivity index (χ4n) is 4.67. The highest BCUT2D eigenvalue weighted by atomic mass is 19.3. The number of likely N-dealkylation sites (tertiary alicyclic amines) is 1. The summed E-state index contributed by atoms with van der Waals surface area (Å²) < 4.78 is 32.5. The van der Waals surface area contributed by atoms with Crippen LogP contribution >= 0.6 is 0 Å². The highest BCUT2D eigenvalue weighted by Gasteiger charge is 2.37. The smallest absolute Gasteiger partial charge is 0.303 e. The number of nitrogens with one attached hydrogen (secondary N) is 1. The zero-order chi connectivity index (χ0) is 20.3. The molecule has 1 saturated carbocycles. The minimum absolute atomic E-state index is 0.0320. The Hall–Kier alpha value is -1.76. The van der Waals surface area contributed by atoms with Gasteiger partial charge in [0.1, 0.15) is 6.10 Å². The molecule has 1 aliphatic heterocycles. The number of aliphatic carboxylic acids is 1. The van der Waals surface area contributed by atoms with Crippen LogP contribution in [0.4, 0.5) is 8.78 Å². The Labute approximate surface area is 164 Å². The summed E-state index contributed by atoms with van der Waals surface area (Å²) >= 11 is 0. The first-order valence-corrected chi connectivity index (χ1v) is 10.2. The molecule has 5 nitrogen and oxygen atoms in total. The van der Waals surface area contributed by atoms with Gasteiger partial charge >= 0.3 is 5.97 Å². The minimum Gasteiger partial charge on any atom is -0.481 e. The molecule has 0 unspecified atom stereocenters. The average Bonchev–Trinajstić information content (AvgIpc) is 3.09. The summed E-state index contributed by atoms with van der Waals surface area (Å²) in [4.78, 5) is 13.2. The van der Waals surface area contributed by atoms with E-state index in [1.54, 1.807) is 0 Å². The lowest BCUT2D eigenvalue weighted by Gasteiger charge is -2.40. The zero-order valence-electron chi connectivity index (χ0n) is 16.3. The third kappa shape index (κ3) is 5.19. The maximum absolute atomic E-state index is 13.3. The molecule has 0 aromatic rings. The van der Waals surface area contributed by atoms with Crippen LogP contribution in [-0.4, -0.2) is 53.0 Å². The maximum Gasteiger partial charge on any atom is 0.303 e. The van der Waals surface area contributed by atoms with Crippen LogP contribution in [-0.2, 0) is 9.53 Å². The first kappa shape index (κ1) is 21.0. The third-order valence-electron chi connectivity index (χ3n) is 6.34. The van der Waals surface area contributed by atoms with Crippen molar-refractivity contribution in [2.24, 2.45) is 5.92 Å². The molecule has 0 amide bonds. The molecule has 0 aromatic heterocycles. The number of allylic oxidation sites excluding steroid dienone is 1. The van der Waals surface area contributed by atoms with E-state index in [0.29, 0.717) is 24.7 Å². The van der Waals surface area contributed by atoms with Gasteiger partial charge in [-0.15, -0.1) is 0 Å². The predicted octanol–water partition coefficient (Wildman–Crippen LogP) is 4.39. The Morgan fingerprint density at radius 1 is 1.25 bits per heavy atom. The first-order chi connectivity index (χ1) is 13.2. The average molecular weight is 396 g/mol. The van der Waals surface area contributed by atoms with Crippen LogP contribution in [0.5, 0.6) is 0 Å². The van der Waals surface area contributed by atoms with Gasteiger partial charge in [0.2, 0.25) is 5.90 Å². The summed E-state index contributed by atoms with van der Waals surface area (Å²) in [6.07, 6.45) is 6.80. The molecule has 1 saturated heterocycles. The molecule has 28 heavy (non-hydrogen) atoms. The lowest BCUT2D eigenvalue weighted by molar-refractivity contribution is -0.137. The minimum atomic E-state index is -2.51. The van der Waals surface area contributed by atoms with Gasteiger partial charge in [-0.3, -0.25) is 15.1 Å². The van der Waals surface area contributed by atoms with E-state index in [1.807, 2.05) is 6.08 Å². The van der Waals surface area contributed by atoms with Crippen molar-refractivity contribution in [3.8, 4) is 0 Å². The number of ether oxygens (including phenoxy) is 1. The van der Waals surface area contributed by atoms with Crippen LogP contribution in [0.15, 0.2) is 23.8 Å². The van der Waals surface area contributed by atoms with Crippen molar-refractivity contribution in [2.75, 3.05) is 13.1 Å². The van der Waals surface area contributed by atoms with Crippen molar-refractivity contribution in [3.63, 3.8) is 0 Å². The fraction of sp³-hybridized carbons (Fsp3) is 0.714. The van der Waals surface area contributed by atoms with Crippen molar-refractivity contribution in [1.29, 1.82) is 5.41 Å². The van der Waals surface area contributed by atoms with E-state index >= 15 is 0 Å². The summed E-state index contributed by atoms with van der Waals surface area (Å²) in [5.41, 5.74) is 1.32. The third-order valence-corrected chi connectivity index (χ3v) is 6.34. The Bertz CT molecular complexity index is 644. The molecule has 0 aromatic carbocycles. The van der Waals surface area contributed by atoms with Crippen LogP contribution in [0.1, 0.15) is 57.8 Å². The summed E-state index contributed by atoms with van der Waals surface area (Å²) in [6, 6.07) is 0.325. The Morgan fingerprint density at radius 2 is 1.89 bits per heavy atom. The van der Waals surface area contributed by atoms with Crippen molar-refractivity contribution < 1.29 is 23.4 Å². The van der Waals surface area contributed by atoms with Crippen molar-refractivity contribution in [3.05, 3.63) is 23.8 Å². The molecule has 2 fully saturated rings. The normalized spacial score (nSPS) is 30.5. The quantitative estimate of drug-likeness (QED) is 0.516. The molecular weight excluding hydrogens is 366 g/mol. The second-order valence-electron chi connectivity index (χ2n) is 8.28. The monoisotopic (exact) mass is 396 g/mol. The number of halogens is 2. The molecule has 2 aliphatic carbocycles. The molecule has 3 aliphatic rings. The molecule has 0 spiro atoms. The zero-order valence-corrected chi connectivity index (χ0v) is 16.3. The molecule has 7 heteroatoms. The van der Waals surface area contributed by atoms with Crippen LogP contribution in [0, 0.1) is 11.3 Å². The van der Waals surface area contributed by atoms with Gasteiger partial charge in [0.15, 0.2) is 0 Å². The molecule has 1 heterocycles. The topological polar surface area (TPSA) is 73.6 Å². The highest BCUT2D eigenvalue weighted by Crippen LogP contribution is 2.35. The van der Waals surface area contributed by atoms with E-state index < -0.39 is 11.9 Å². The summed E-state index contributed by atoms with van der Waals surface area (Å²) in [5, 5.41) is 17.3. The van der Waals surface area contributed by atoms with Crippen molar-refractivity contribution in [1.82, 2.24) is 4.90 Å².